The van der Waals surface area contributed by atoms with E-state index in [4.69, 9.17) is 19.2 Å². The van der Waals surface area contributed by atoms with E-state index in [0.29, 0.717) is 60.2 Å². The molecule has 244 valence electrons. The van der Waals surface area contributed by atoms with Crippen LogP contribution in [0.25, 0.3) is 6.08 Å². The van der Waals surface area contributed by atoms with Crippen molar-refractivity contribution in [3.05, 3.63) is 149 Å². The predicted octanol–water partition coefficient (Wildman–Crippen LogP) is 6.76. The van der Waals surface area contributed by atoms with E-state index in [1.54, 1.807) is 47.9 Å². The van der Waals surface area contributed by atoms with Crippen molar-refractivity contribution in [1.29, 1.82) is 0 Å². The molecule has 0 unspecified atom stereocenters. The zero-order chi connectivity index (χ0) is 33.8. The molecule has 0 fully saturated rings. The molecule has 0 radical (unpaired) electrons. The molecular weight excluding hydrogens is 697 g/mol. The van der Waals surface area contributed by atoms with Crippen LogP contribution in [0.3, 0.4) is 0 Å². The summed E-state index contributed by atoms with van der Waals surface area (Å²) in [5, 5.41) is 2.97. The molecule has 1 aliphatic heterocycles. The number of halogens is 2. The van der Waals surface area contributed by atoms with Gasteiger partial charge in [-0.2, -0.15) is 0 Å². The van der Waals surface area contributed by atoms with Gasteiger partial charge in [0.2, 0.25) is 0 Å². The van der Waals surface area contributed by atoms with Gasteiger partial charge in [-0.1, -0.05) is 53.8 Å². The van der Waals surface area contributed by atoms with Gasteiger partial charge in [0.05, 0.1) is 40.0 Å². The minimum absolute atomic E-state index is 0.207. The highest BCUT2D eigenvalue weighted by molar-refractivity contribution is 9.10. The lowest BCUT2D eigenvalue weighted by Gasteiger charge is -2.25. The largest absolute Gasteiger partial charge is 0.494 e. The minimum atomic E-state index is -0.730. The van der Waals surface area contributed by atoms with E-state index in [1.807, 2.05) is 55.5 Å². The molecule has 1 aromatic heterocycles. The first-order chi connectivity index (χ1) is 23.2. The van der Waals surface area contributed by atoms with E-state index in [-0.39, 0.29) is 23.9 Å². The van der Waals surface area contributed by atoms with Crippen LogP contribution in [0.1, 0.15) is 36.6 Å². The zero-order valence-electron chi connectivity index (χ0n) is 26.3. The fraction of sp³-hybridized carbons (Fsp3) is 0.162. The molecule has 1 amide bonds. The number of rotatable bonds is 10. The van der Waals surface area contributed by atoms with Crippen molar-refractivity contribution in [2.75, 3.05) is 19.0 Å². The number of carbonyl (C=O) groups is 1. The molecule has 11 heteroatoms. The number of thiazole rings is 1. The average Bonchev–Trinajstić information content (AvgIpc) is 3.38. The van der Waals surface area contributed by atoms with Crippen LogP contribution >= 0.6 is 27.3 Å². The monoisotopic (exact) mass is 727 g/mol. The highest BCUT2D eigenvalue weighted by Gasteiger charge is 2.32. The van der Waals surface area contributed by atoms with E-state index >= 15 is 0 Å². The number of fused-ring (bicyclic) bond motifs is 1. The van der Waals surface area contributed by atoms with E-state index in [9.17, 15) is 14.0 Å². The summed E-state index contributed by atoms with van der Waals surface area (Å²) in [5.41, 5.74) is 3.46. The topological polar surface area (TPSA) is 91.2 Å². The molecule has 0 saturated carbocycles. The predicted molar refractivity (Wildman–Crippen MR) is 188 cm³/mol. The van der Waals surface area contributed by atoms with Crippen LogP contribution < -0.4 is 34.4 Å². The fourth-order valence-electron chi connectivity index (χ4n) is 5.41. The standard InChI is InChI=1S/C37H31BrFN3O5S/c1-4-46-28-16-12-25(13-17-28)33-32(35(43)41-27-8-6-5-7-9-27)22(2)40-37-42(33)36(44)31(48-37)20-24-18-29(38)34(30(19-24)45-3)47-21-23-10-14-26(39)15-11-23/h5-20,33H,4,21H2,1-3H3,(H,41,43)/b31-20-/t33-/m0/s1. The SMILES string of the molecule is CCOc1ccc([C@H]2C(C(=O)Nc3ccccc3)=C(C)N=c3s/c(=C\c4cc(Br)c(OCc5ccc(F)cc5)c(OC)c4)c(=O)n32)cc1. The minimum Gasteiger partial charge on any atom is -0.494 e. The lowest BCUT2D eigenvalue weighted by Crippen LogP contribution is -2.40. The smallest absolute Gasteiger partial charge is 0.271 e. The number of para-hydroxylation sites is 1. The third-order valence-corrected chi connectivity index (χ3v) is 9.22. The lowest BCUT2D eigenvalue weighted by atomic mass is 9.95. The van der Waals surface area contributed by atoms with Gasteiger partial charge in [0.15, 0.2) is 16.3 Å². The van der Waals surface area contributed by atoms with Gasteiger partial charge in [0, 0.05) is 5.69 Å². The lowest BCUT2D eigenvalue weighted by molar-refractivity contribution is -0.113. The molecule has 0 saturated heterocycles. The Bertz CT molecular complexity index is 2180. The number of nitrogens with zero attached hydrogens (tertiary/aromatic N) is 2. The van der Waals surface area contributed by atoms with Crippen LogP contribution in [0.4, 0.5) is 10.1 Å². The summed E-state index contributed by atoms with van der Waals surface area (Å²) >= 11 is 4.82. The van der Waals surface area contributed by atoms with Gasteiger partial charge in [-0.15, -0.1) is 0 Å². The summed E-state index contributed by atoms with van der Waals surface area (Å²) in [4.78, 5) is 33.2. The Balaban J connectivity index is 1.40. The molecular formula is C37H31BrFN3O5S. The maximum Gasteiger partial charge on any atom is 0.271 e. The summed E-state index contributed by atoms with van der Waals surface area (Å²) in [7, 11) is 1.53. The molecule has 48 heavy (non-hydrogen) atoms. The fourth-order valence-corrected chi connectivity index (χ4v) is 7.03. The van der Waals surface area contributed by atoms with Crippen molar-refractivity contribution in [1.82, 2.24) is 4.57 Å². The number of amides is 1. The molecule has 0 aliphatic carbocycles. The number of methoxy groups -OCH3 is 1. The van der Waals surface area contributed by atoms with Gasteiger partial charge in [0.25, 0.3) is 11.5 Å². The first kappa shape index (κ1) is 32.9. The Morgan fingerprint density at radius 3 is 2.46 bits per heavy atom. The third-order valence-electron chi connectivity index (χ3n) is 7.65. The van der Waals surface area contributed by atoms with E-state index in [0.717, 1.165) is 11.1 Å². The van der Waals surface area contributed by atoms with E-state index in [1.165, 1.54) is 30.6 Å². The number of carbonyl (C=O) groups excluding carboxylic acids is 1. The highest BCUT2D eigenvalue weighted by atomic mass is 79.9. The maximum atomic E-state index is 14.2. The van der Waals surface area contributed by atoms with Crippen molar-refractivity contribution >= 4 is 44.9 Å². The Labute approximate surface area is 288 Å². The van der Waals surface area contributed by atoms with Gasteiger partial charge in [-0.25, -0.2) is 9.38 Å². The van der Waals surface area contributed by atoms with Crippen LogP contribution in [0.2, 0.25) is 0 Å². The molecule has 0 spiro atoms. The van der Waals surface area contributed by atoms with Crippen molar-refractivity contribution in [2.24, 2.45) is 4.99 Å². The second kappa shape index (κ2) is 14.4. The number of allylic oxidation sites excluding steroid dienone is 1. The molecule has 1 N–H and O–H groups in total. The number of ether oxygens (including phenoxy) is 3. The number of nitrogens with one attached hydrogen (secondary N) is 1. The van der Waals surface area contributed by atoms with Crippen molar-refractivity contribution in [3.63, 3.8) is 0 Å². The number of anilines is 1. The maximum absolute atomic E-state index is 14.2. The molecule has 0 bridgehead atoms. The van der Waals surface area contributed by atoms with Crippen LogP contribution in [-0.4, -0.2) is 24.2 Å². The number of benzene rings is 4. The molecule has 1 atom stereocenters. The molecule has 5 aromatic rings. The van der Waals surface area contributed by atoms with Crippen molar-refractivity contribution in [3.8, 4) is 17.2 Å². The summed E-state index contributed by atoms with van der Waals surface area (Å²) in [5.74, 6) is 0.948. The second-order valence-electron chi connectivity index (χ2n) is 10.9. The van der Waals surface area contributed by atoms with Crippen molar-refractivity contribution < 1.29 is 23.4 Å². The van der Waals surface area contributed by atoms with Crippen molar-refractivity contribution in [2.45, 2.75) is 26.5 Å². The highest BCUT2D eigenvalue weighted by Crippen LogP contribution is 2.37. The quantitative estimate of drug-likeness (QED) is 0.172. The Kier molecular flexibility index (Phi) is 9.88. The molecule has 4 aromatic carbocycles. The molecule has 6 rings (SSSR count). The average molecular weight is 729 g/mol. The Morgan fingerprint density at radius 1 is 1.04 bits per heavy atom. The van der Waals surface area contributed by atoms with Gasteiger partial charge in [-0.3, -0.25) is 14.2 Å². The van der Waals surface area contributed by atoms with Gasteiger partial charge in [-0.05, 0) is 101 Å². The molecule has 2 heterocycles. The second-order valence-corrected chi connectivity index (χ2v) is 12.7. The Hall–Kier alpha value is -5.00. The number of aromatic nitrogens is 1. The first-order valence-corrected chi connectivity index (χ1v) is 16.7. The van der Waals surface area contributed by atoms with Gasteiger partial charge < -0.3 is 19.5 Å². The van der Waals surface area contributed by atoms with Crippen LogP contribution in [0.5, 0.6) is 17.2 Å². The van der Waals surface area contributed by atoms with Crippen LogP contribution in [0, 0.1) is 5.82 Å². The third kappa shape index (κ3) is 6.97. The molecule has 1 aliphatic rings. The van der Waals surface area contributed by atoms with E-state index < -0.39 is 6.04 Å². The van der Waals surface area contributed by atoms with Gasteiger partial charge in [0.1, 0.15) is 18.2 Å². The normalized spacial score (nSPS) is 14.3. The van der Waals surface area contributed by atoms with Gasteiger partial charge >= 0.3 is 0 Å². The Morgan fingerprint density at radius 2 is 1.77 bits per heavy atom. The summed E-state index contributed by atoms with van der Waals surface area (Å²) < 4.78 is 33.3. The number of hydrogen-bond donors (Lipinski definition) is 1. The molecule has 8 nitrogen and oxygen atoms in total. The number of hydrogen-bond acceptors (Lipinski definition) is 7. The summed E-state index contributed by atoms with van der Waals surface area (Å²) in [6.07, 6.45) is 1.76. The van der Waals surface area contributed by atoms with E-state index in [2.05, 4.69) is 21.2 Å². The summed E-state index contributed by atoms with van der Waals surface area (Å²) in [6.45, 7) is 4.41. The van der Waals surface area contributed by atoms with Crippen LogP contribution in [-0.2, 0) is 11.4 Å². The summed E-state index contributed by atoms with van der Waals surface area (Å²) in [6, 6.07) is 25.5. The van der Waals surface area contributed by atoms with Crippen LogP contribution in [0.15, 0.2) is 117 Å². The zero-order valence-corrected chi connectivity index (χ0v) is 28.7. The first-order valence-electron chi connectivity index (χ1n) is 15.1.